The maximum absolute atomic E-state index is 10.7. The number of halogens is 1. The number of hydrogen-bond donors (Lipinski definition) is 1. The van der Waals surface area contributed by atoms with E-state index in [1.165, 1.54) is 0 Å². The minimum Gasteiger partial charge on any atom is -0.478 e. The van der Waals surface area contributed by atoms with Crippen molar-refractivity contribution in [3.05, 3.63) is 52.6 Å². The molecule has 0 unspecified atom stereocenters. The van der Waals surface area contributed by atoms with Crippen LogP contribution >= 0.6 is 15.9 Å². The summed E-state index contributed by atoms with van der Waals surface area (Å²) >= 11 is 3.29. The summed E-state index contributed by atoms with van der Waals surface area (Å²) in [6, 6.07) is 12.2. The van der Waals surface area contributed by atoms with E-state index in [9.17, 15) is 4.79 Å². The Morgan fingerprint density at radius 1 is 1.12 bits per heavy atom. The van der Waals surface area contributed by atoms with Crippen molar-refractivity contribution in [2.45, 2.75) is 0 Å². The molecule has 2 rings (SSSR count). The molecule has 1 aromatic carbocycles. The van der Waals surface area contributed by atoms with Crippen molar-refractivity contribution in [2.75, 3.05) is 0 Å². The van der Waals surface area contributed by atoms with Gasteiger partial charge in [-0.05, 0) is 40.2 Å². The molecule has 0 aliphatic carbocycles. The van der Waals surface area contributed by atoms with E-state index in [2.05, 4.69) is 20.9 Å². The number of carboxylic acids is 1. The molecule has 0 saturated carbocycles. The van der Waals surface area contributed by atoms with Crippen molar-refractivity contribution in [2.24, 2.45) is 0 Å². The minimum atomic E-state index is -0.922. The minimum absolute atomic E-state index is 0.277. The highest BCUT2D eigenvalue weighted by atomic mass is 79.9. The predicted molar refractivity (Wildman–Crippen MR) is 64.3 cm³/mol. The standard InChI is InChI=1S/C12H8BrNO2/c13-11-3-1-2-10(14-11)8-4-6-9(7-5-8)12(15)16/h1-7H,(H,15,16). The van der Waals surface area contributed by atoms with Gasteiger partial charge in [-0.1, -0.05) is 18.2 Å². The van der Waals surface area contributed by atoms with Crippen LogP contribution in [0.3, 0.4) is 0 Å². The quantitative estimate of drug-likeness (QED) is 0.858. The summed E-state index contributed by atoms with van der Waals surface area (Å²) in [5.74, 6) is -0.922. The van der Waals surface area contributed by atoms with E-state index in [0.29, 0.717) is 0 Å². The first-order valence-electron chi connectivity index (χ1n) is 4.63. The summed E-state index contributed by atoms with van der Waals surface area (Å²) in [6.45, 7) is 0. The van der Waals surface area contributed by atoms with Gasteiger partial charge in [0.25, 0.3) is 0 Å². The van der Waals surface area contributed by atoms with Gasteiger partial charge in [-0.15, -0.1) is 0 Å². The Morgan fingerprint density at radius 3 is 2.38 bits per heavy atom. The van der Waals surface area contributed by atoms with E-state index in [-0.39, 0.29) is 5.56 Å². The third-order valence-corrected chi connectivity index (χ3v) is 2.58. The van der Waals surface area contributed by atoms with Crippen LogP contribution in [-0.2, 0) is 0 Å². The topological polar surface area (TPSA) is 50.2 Å². The molecule has 80 valence electrons. The highest BCUT2D eigenvalue weighted by Gasteiger charge is 2.03. The second-order valence-electron chi connectivity index (χ2n) is 3.23. The van der Waals surface area contributed by atoms with Crippen LogP contribution in [-0.4, -0.2) is 16.1 Å². The first kappa shape index (κ1) is 10.8. The highest BCUT2D eigenvalue weighted by Crippen LogP contribution is 2.19. The molecule has 0 amide bonds. The molecule has 16 heavy (non-hydrogen) atoms. The Labute approximate surface area is 101 Å². The van der Waals surface area contributed by atoms with Gasteiger partial charge in [0.15, 0.2) is 0 Å². The van der Waals surface area contributed by atoms with Gasteiger partial charge in [0.2, 0.25) is 0 Å². The van der Waals surface area contributed by atoms with Crippen molar-refractivity contribution in [1.82, 2.24) is 4.98 Å². The molecule has 4 heteroatoms. The molecule has 2 aromatic rings. The molecule has 0 fully saturated rings. The normalized spacial score (nSPS) is 10.1. The smallest absolute Gasteiger partial charge is 0.335 e. The highest BCUT2D eigenvalue weighted by molar-refractivity contribution is 9.10. The summed E-state index contributed by atoms with van der Waals surface area (Å²) in [6.07, 6.45) is 0. The van der Waals surface area contributed by atoms with Gasteiger partial charge in [-0.25, -0.2) is 9.78 Å². The Balaban J connectivity index is 2.38. The van der Waals surface area contributed by atoms with Crippen LogP contribution in [0.25, 0.3) is 11.3 Å². The molecule has 0 spiro atoms. The van der Waals surface area contributed by atoms with Gasteiger partial charge in [-0.3, -0.25) is 0 Å². The van der Waals surface area contributed by atoms with Crippen molar-refractivity contribution in [3.63, 3.8) is 0 Å². The van der Waals surface area contributed by atoms with Crippen LogP contribution in [0.15, 0.2) is 47.1 Å². The first-order chi connectivity index (χ1) is 7.66. The lowest BCUT2D eigenvalue weighted by molar-refractivity contribution is 0.0697. The molecule has 0 saturated heterocycles. The third kappa shape index (κ3) is 2.28. The van der Waals surface area contributed by atoms with E-state index < -0.39 is 5.97 Å². The fraction of sp³-hybridized carbons (Fsp3) is 0. The van der Waals surface area contributed by atoms with Crippen LogP contribution in [0.5, 0.6) is 0 Å². The van der Waals surface area contributed by atoms with Gasteiger partial charge in [0, 0.05) is 5.56 Å². The van der Waals surface area contributed by atoms with E-state index in [4.69, 9.17) is 5.11 Å². The van der Waals surface area contributed by atoms with E-state index in [1.807, 2.05) is 18.2 Å². The second kappa shape index (κ2) is 4.45. The summed E-state index contributed by atoms with van der Waals surface area (Å²) in [5, 5.41) is 8.77. The molecule has 3 nitrogen and oxygen atoms in total. The maximum atomic E-state index is 10.7. The molecule has 0 radical (unpaired) electrons. The van der Waals surface area contributed by atoms with Gasteiger partial charge in [0.1, 0.15) is 4.60 Å². The number of benzene rings is 1. The van der Waals surface area contributed by atoms with E-state index in [1.54, 1.807) is 24.3 Å². The molecule has 1 aromatic heterocycles. The SMILES string of the molecule is O=C(O)c1ccc(-c2cccc(Br)n2)cc1. The number of carbonyl (C=O) groups is 1. The zero-order chi connectivity index (χ0) is 11.5. The lowest BCUT2D eigenvalue weighted by Crippen LogP contribution is -1.95. The average Bonchev–Trinajstić information content (AvgIpc) is 2.29. The first-order valence-corrected chi connectivity index (χ1v) is 5.42. The fourth-order valence-corrected chi connectivity index (χ4v) is 1.70. The summed E-state index contributed by atoms with van der Waals surface area (Å²) in [5.41, 5.74) is 1.98. The lowest BCUT2D eigenvalue weighted by Gasteiger charge is -2.01. The van der Waals surface area contributed by atoms with Crippen LogP contribution in [0.1, 0.15) is 10.4 Å². The second-order valence-corrected chi connectivity index (χ2v) is 4.04. The number of hydrogen-bond acceptors (Lipinski definition) is 2. The molecule has 0 bridgehead atoms. The van der Waals surface area contributed by atoms with Crippen molar-refractivity contribution in [3.8, 4) is 11.3 Å². The zero-order valence-electron chi connectivity index (χ0n) is 8.22. The summed E-state index contributed by atoms with van der Waals surface area (Å²) < 4.78 is 0.757. The van der Waals surface area contributed by atoms with Gasteiger partial charge < -0.3 is 5.11 Å². The largest absolute Gasteiger partial charge is 0.478 e. The predicted octanol–water partition coefficient (Wildman–Crippen LogP) is 3.21. The van der Waals surface area contributed by atoms with Gasteiger partial charge in [-0.2, -0.15) is 0 Å². The number of pyridine rings is 1. The third-order valence-electron chi connectivity index (χ3n) is 2.14. The summed E-state index contributed by atoms with van der Waals surface area (Å²) in [4.78, 5) is 15.0. The number of carboxylic acid groups (broad SMARTS) is 1. The molecule has 1 N–H and O–H groups in total. The Bertz CT molecular complexity index is 523. The zero-order valence-corrected chi connectivity index (χ0v) is 9.81. The van der Waals surface area contributed by atoms with Crippen molar-refractivity contribution < 1.29 is 9.90 Å². The van der Waals surface area contributed by atoms with Crippen LogP contribution in [0, 0.1) is 0 Å². The molecular weight excluding hydrogens is 270 g/mol. The van der Waals surface area contributed by atoms with Crippen molar-refractivity contribution >= 4 is 21.9 Å². The average molecular weight is 278 g/mol. The van der Waals surface area contributed by atoms with Gasteiger partial charge in [0.05, 0.1) is 11.3 Å². The van der Waals surface area contributed by atoms with Crippen LogP contribution in [0.4, 0.5) is 0 Å². The molecule has 1 heterocycles. The Morgan fingerprint density at radius 2 is 1.81 bits per heavy atom. The lowest BCUT2D eigenvalue weighted by atomic mass is 10.1. The Kier molecular flexibility index (Phi) is 3.01. The maximum Gasteiger partial charge on any atom is 0.335 e. The molecule has 0 aliphatic heterocycles. The van der Waals surface area contributed by atoms with Gasteiger partial charge >= 0.3 is 5.97 Å². The number of aromatic carboxylic acids is 1. The Hall–Kier alpha value is -1.68. The van der Waals surface area contributed by atoms with E-state index >= 15 is 0 Å². The number of aromatic nitrogens is 1. The number of rotatable bonds is 2. The molecule has 0 aliphatic rings. The molecule has 0 atom stereocenters. The monoisotopic (exact) mass is 277 g/mol. The van der Waals surface area contributed by atoms with E-state index in [0.717, 1.165) is 15.9 Å². The number of nitrogens with zero attached hydrogens (tertiary/aromatic N) is 1. The molecular formula is C12H8BrNO2. The van der Waals surface area contributed by atoms with Crippen LogP contribution < -0.4 is 0 Å². The van der Waals surface area contributed by atoms with Crippen LogP contribution in [0.2, 0.25) is 0 Å². The van der Waals surface area contributed by atoms with Crippen molar-refractivity contribution in [1.29, 1.82) is 0 Å². The summed E-state index contributed by atoms with van der Waals surface area (Å²) in [7, 11) is 0. The fourth-order valence-electron chi connectivity index (χ4n) is 1.35.